The quantitative estimate of drug-likeness (QED) is 0.422. The Labute approximate surface area is 181 Å². The molecule has 170 valence electrons. The van der Waals surface area contributed by atoms with Gasteiger partial charge in [0.1, 0.15) is 11.3 Å². The number of aromatic nitrogens is 3. The van der Waals surface area contributed by atoms with Gasteiger partial charge < -0.3 is 24.3 Å². The number of carboxylic acid groups (broad SMARTS) is 2. The second-order valence-corrected chi connectivity index (χ2v) is 6.79. The number of hydrogen-bond acceptors (Lipinski definition) is 7. The Bertz CT molecular complexity index is 845. The smallest absolute Gasteiger partial charge is 0.328 e. The average Bonchev–Trinajstić information content (AvgIpc) is 3.11. The van der Waals surface area contributed by atoms with Gasteiger partial charge in [0, 0.05) is 51.0 Å². The Morgan fingerprint density at radius 3 is 2.55 bits per heavy atom. The van der Waals surface area contributed by atoms with Crippen molar-refractivity contribution >= 4 is 23.1 Å². The molecule has 0 radical (unpaired) electrons. The van der Waals surface area contributed by atoms with Crippen LogP contribution in [0, 0.1) is 0 Å². The standard InChI is InChI=1S/C17H26N4O2.C4H4O4/c1-2-22-14-11-21-16(19-15-5-3-7-18-17(15)21)6-4-8-20-9-12-23-13-10-20;5-3(6)1-2-4(7)8/h3,5,7H,2,4,6,8-14H2,1H3;1-2H,(H,5,6)(H,7,8)/b;2-1+. The Morgan fingerprint density at radius 2 is 1.90 bits per heavy atom. The van der Waals surface area contributed by atoms with Gasteiger partial charge in [0.2, 0.25) is 0 Å². The molecule has 0 aromatic carbocycles. The van der Waals surface area contributed by atoms with Crippen molar-refractivity contribution in [3.05, 3.63) is 36.3 Å². The molecule has 1 fully saturated rings. The third-order valence-electron chi connectivity index (χ3n) is 4.59. The molecule has 10 heteroatoms. The van der Waals surface area contributed by atoms with E-state index in [9.17, 15) is 9.59 Å². The first-order chi connectivity index (χ1) is 15.0. The number of hydrogen-bond donors (Lipinski definition) is 2. The zero-order chi connectivity index (χ0) is 22.5. The summed E-state index contributed by atoms with van der Waals surface area (Å²) in [6.45, 7) is 9.19. The first kappa shape index (κ1) is 24.4. The third kappa shape index (κ3) is 8.83. The van der Waals surface area contributed by atoms with Gasteiger partial charge in [0.05, 0.1) is 19.8 Å². The van der Waals surface area contributed by atoms with Crippen molar-refractivity contribution in [1.29, 1.82) is 0 Å². The zero-order valence-corrected chi connectivity index (χ0v) is 17.8. The van der Waals surface area contributed by atoms with E-state index in [-0.39, 0.29) is 0 Å². The van der Waals surface area contributed by atoms with Crippen LogP contribution in [0.25, 0.3) is 11.2 Å². The van der Waals surface area contributed by atoms with Crippen molar-refractivity contribution in [2.45, 2.75) is 26.3 Å². The fraction of sp³-hybridized carbons (Fsp3) is 0.524. The van der Waals surface area contributed by atoms with E-state index in [0.29, 0.717) is 18.8 Å². The number of aliphatic carboxylic acids is 2. The molecule has 1 saturated heterocycles. The van der Waals surface area contributed by atoms with Crippen LogP contribution in [0.1, 0.15) is 19.2 Å². The summed E-state index contributed by atoms with van der Waals surface area (Å²) in [5.74, 6) is -1.40. The maximum Gasteiger partial charge on any atom is 0.328 e. The Hall–Kier alpha value is -2.82. The van der Waals surface area contributed by atoms with Crippen LogP contribution in [0.3, 0.4) is 0 Å². The lowest BCUT2D eigenvalue weighted by Gasteiger charge is -2.26. The molecule has 1 aliphatic rings. The van der Waals surface area contributed by atoms with Gasteiger partial charge in [-0.05, 0) is 32.0 Å². The topological polar surface area (TPSA) is 127 Å². The van der Waals surface area contributed by atoms with Crippen LogP contribution in [0.15, 0.2) is 30.5 Å². The second kappa shape index (κ2) is 13.5. The number of carbonyl (C=O) groups is 2. The van der Waals surface area contributed by atoms with E-state index < -0.39 is 11.9 Å². The first-order valence-corrected chi connectivity index (χ1v) is 10.3. The lowest BCUT2D eigenvalue weighted by molar-refractivity contribution is -0.134. The zero-order valence-electron chi connectivity index (χ0n) is 17.8. The molecular weight excluding hydrogens is 404 g/mol. The predicted molar refractivity (Wildman–Crippen MR) is 114 cm³/mol. The Morgan fingerprint density at radius 1 is 1.19 bits per heavy atom. The van der Waals surface area contributed by atoms with Crippen molar-refractivity contribution in [2.24, 2.45) is 0 Å². The number of carboxylic acids is 2. The fourth-order valence-electron chi connectivity index (χ4n) is 3.16. The average molecular weight is 434 g/mol. The molecule has 2 N–H and O–H groups in total. The highest BCUT2D eigenvalue weighted by Gasteiger charge is 2.13. The Kier molecular flexibility index (Phi) is 10.6. The third-order valence-corrected chi connectivity index (χ3v) is 4.59. The highest BCUT2D eigenvalue weighted by Crippen LogP contribution is 2.15. The molecule has 1 aliphatic heterocycles. The highest BCUT2D eigenvalue weighted by molar-refractivity contribution is 5.89. The summed E-state index contributed by atoms with van der Waals surface area (Å²) in [6, 6.07) is 3.98. The van der Waals surface area contributed by atoms with Gasteiger partial charge in [-0.3, -0.25) is 4.90 Å². The molecule has 0 unspecified atom stereocenters. The van der Waals surface area contributed by atoms with E-state index in [1.54, 1.807) is 0 Å². The fourth-order valence-corrected chi connectivity index (χ4v) is 3.16. The number of ether oxygens (including phenoxy) is 2. The molecule has 0 bridgehead atoms. The molecule has 0 spiro atoms. The predicted octanol–water partition coefficient (Wildman–Crippen LogP) is 1.44. The van der Waals surface area contributed by atoms with Crippen molar-refractivity contribution in [3.63, 3.8) is 0 Å². The van der Waals surface area contributed by atoms with Crippen LogP contribution in [0.5, 0.6) is 0 Å². The molecule has 2 aromatic rings. The van der Waals surface area contributed by atoms with Crippen molar-refractivity contribution in [3.8, 4) is 0 Å². The SMILES string of the molecule is CCOCCn1c(CCCN2CCOCC2)nc2cccnc21.O=C(O)/C=C/C(=O)O. The minimum atomic E-state index is -1.26. The van der Waals surface area contributed by atoms with Crippen LogP contribution in [0.2, 0.25) is 0 Å². The molecule has 0 amide bonds. The summed E-state index contributed by atoms with van der Waals surface area (Å²) in [6.07, 6.45) is 5.03. The number of fused-ring (bicyclic) bond motifs is 1. The van der Waals surface area contributed by atoms with Crippen LogP contribution in [-0.4, -0.2) is 87.6 Å². The lowest BCUT2D eigenvalue weighted by Crippen LogP contribution is -2.37. The second-order valence-electron chi connectivity index (χ2n) is 6.79. The maximum atomic E-state index is 9.55. The first-order valence-electron chi connectivity index (χ1n) is 10.3. The summed E-state index contributed by atoms with van der Waals surface area (Å²) in [5.41, 5.74) is 1.94. The number of imidazole rings is 1. The number of aryl methyl sites for hydroxylation is 1. The van der Waals surface area contributed by atoms with Gasteiger partial charge in [-0.1, -0.05) is 0 Å². The van der Waals surface area contributed by atoms with Crippen LogP contribution in [-0.2, 0) is 32.0 Å². The van der Waals surface area contributed by atoms with Crippen LogP contribution >= 0.6 is 0 Å². The molecule has 31 heavy (non-hydrogen) atoms. The number of rotatable bonds is 10. The summed E-state index contributed by atoms with van der Waals surface area (Å²) >= 11 is 0. The minimum Gasteiger partial charge on any atom is -0.478 e. The minimum absolute atomic E-state index is 0.558. The van der Waals surface area contributed by atoms with Gasteiger partial charge in [0.15, 0.2) is 5.65 Å². The van der Waals surface area contributed by atoms with Gasteiger partial charge in [0.25, 0.3) is 0 Å². The van der Waals surface area contributed by atoms with E-state index >= 15 is 0 Å². The molecule has 10 nitrogen and oxygen atoms in total. The van der Waals surface area contributed by atoms with Crippen molar-refractivity contribution < 1.29 is 29.3 Å². The van der Waals surface area contributed by atoms with E-state index in [2.05, 4.69) is 14.5 Å². The van der Waals surface area contributed by atoms with Crippen molar-refractivity contribution in [2.75, 3.05) is 46.1 Å². The molecular formula is C21H30N4O6. The number of pyridine rings is 1. The summed E-state index contributed by atoms with van der Waals surface area (Å²) in [7, 11) is 0. The van der Waals surface area contributed by atoms with Gasteiger partial charge >= 0.3 is 11.9 Å². The summed E-state index contributed by atoms with van der Waals surface area (Å²) in [5, 5.41) is 15.6. The maximum absolute atomic E-state index is 9.55. The Balaban J connectivity index is 0.000000366. The van der Waals surface area contributed by atoms with E-state index in [4.69, 9.17) is 24.7 Å². The van der Waals surface area contributed by atoms with E-state index in [1.807, 2.05) is 25.3 Å². The molecule has 2 aromatic heterocycles. The van der Waals surface area contributed by atoms with E-state index in [0.717, 1.165) is 75.8 Å². The van der Waals surface area contributed by atoms with Gasteiger partial charge in [-0.2, -0.15) is 0 Å². The molecule has 3 heterocycles. The normalized spacial score (nSPS) is 14.5. The lowest BCUT2D eigenvalue weighted by atomic mass is 10.2. The van der Waals surface area contributed by atoms with E-state index in [1.165, 1.54) is 0 Å². The summed E-state index contributed by atoms with van der Waals surface area (Å²) in [4.78, 5) is 30.8. The summed E-state index contributed by atoms with van der Waals surface area (Å²) < 4.78 is 13.1. The number of nitrogens with zero attached hydrogens (tertiary/aromatic N) is 4. The monoisotopic (exact) mass is 434 g/mol. The molecule has 0 aliphatic carbocycles. The molecule has 3 rings (SSSR count). The largest absolute Gasteiger partial charge is 0.478 e. The van der Waals surface area contributed by atoms with Crippen LogP contribution in [0.4, 0.5) is 0 Å². The van der Waals surface area contributed by atoms with Crippen molar-refractivity contribution in [1.82, 2.24) is 19.4 Å². The van der Waals surface area contributed by atoms with Crippen LogP contribution < -0.4 is 0 Å². The van der Waals surface area contributed by atoms with Gasteiger partial charge in [-0.15, -0.1) is 0 Å². The number of morpholine rings is 1. The highest BCUT2D eigenvalue weighted by atomic mass is 16.5. The molecule has 0 atom stereocenters. The van der Waals surface area contributed by atoms with Gasteiger partial charge in [-0.25, -0.2) is 19.6 Å². The molecule has 0 saturated carbocycles.